The molecule has 1 unspecified atom stereocenters. The zero-order valence-electron chi connectivity index (χ0n) is 17.3. The number of benzene rings is 1. The number of halogens is 3. The highest BCUT2D eigenvalue weighted by atomic mass is 19.4. The van der Waals surface area contributed by atoms with Crippen molar-refractivity contribution in [3.05, 3.63) is 29.3 Å². The van der Waals surface area contributed by atoms with E-state index < -0.39 is 35.9 Å². The van der Waals surface area contributed by atoms with Gasteiger partial charge in [-0.05, 0) is 37.6 Å². The summed E-state index contributed by atoms with van der Waals surface area (Å²) >= 11 is 0. The third-order valence-electron chi connectivity index (χ3n) is 5.37. The molecule has 33 heavy (non-hydrogen) atoms. The predicted octanol–water partition coefficient (Wildman–Crippen LogP) is 0.521. The Bertz CT molecular complexity index is 989. The second kappa shape index (κ2) is 9.57. The van der Waals surface area contributed by atoms with Gasteiger partial charge in [-0.15, -0.1) is 0 Å². The van der Waals surface area contributed by atoms with Gasteiger partial charge in [0, 0.05) is 31.7 Å². The summed E-state index contributed by atoms with van der Waals surface area (Å²) in [7, 11) is 0. The molecule has 4 amide bonds. The maximum absolute atomic E-state index is 12.8. The zero-order chi connectivity index (χ0) is 24.3. The highest BCUT2D eigenvalue weighted by Gasteiger charge is 2.44. The van der Waals surface area contributed by atoms with E-state index in [9.17, 15) is 32.3 Å². The van der Waals surface area contributed by atoms with E-state index in [2.05, 4.69) is 15.5 Å². The van der Waals surface area contributed by atoms with E-state index in [1.54, 1.807) is 12.1 Å². The molecule has 3 aliphatic heterocycles. The third-order valence-corrected chi connectivity index (χ3v) is 5.37. The number of fused-ring (bicyclic) bond motifs is 1. The average molecular weight is 470 g/mol. The monoisotopic (exact) mass is 470 g/mol. The Balaban J connectivity index is 0.000000383. The SMILES string of the molecule is O=C(O)C(F)(F)F.O=C1CCC(N2C(=O)c3ccc(N4CCCNCC4)cc3C2=O)C(=O)N1. The van der Waals surface area contributed by atoms with E-state index in [0.717, 1.165) is 43.2 Å². The van der Waals surface area contributed by atoms with Crippen molar-refractivity contribution in [3.8, 4) is 0 Å². The van der Waals surface area contributed by atoms with Gasteiger partial charge in [0.05, 0.1) is 11.1 Å². The number of hydrogen-bond acceptors (Lipinski definition) is 7. The fourth-order valence-corrected chi connectivity index (χ4v) is 3.76. The van der Waals surface area contributed by atoms with Crippen LogP contribution in [0.15, 0.2) is 18.2 Å². The van der Waals surface area contributed by atoms with E-state index in [-0.39, 0.29) is 18.7 Å². The molecule has 3 aliphatic rings. The highest BCUT2D eigenvalue weighted by Crippen LogP contribution is 2.30. The summed E-state index contributed by atoms with van der Waals surface area (Å²) in [5.74, 6) is -4.65. The molecule has 0 bridgehead atoms. The van der Waals surface area contributed by atoms with Gasteiger partial charge in [0.25, 0.3) is 11.8 Å². The van der Waals surface area contributed by atoms with Crippen LogP contribution >= 0.6 is 0 Å². The number of nitrogens with one attached hydrogen (secondary N) is 2. The van der Waals surface area contributed by atoms with E-state index in [4.69, 9.17) is 9.90 Å². The number of piperidine rings is 1. The number of imide groups is 2. The van der Waals surface area contributed by atoms with Crippen LogP contribution in [0.4, 0.5) is 18.9 Å². The Morgan fingerprint density at radius 2 is 1.70 bits per heavy atom. The molecule has 0 saturated carbocycles. The number of carboxylic acids is 1. The molecule has 3 N–H and O–H groups in total. The van der Waals surface area contributed by atoms with Crippen LogP contribution in [0.5, 0.6) is 0 Å². The summed E-state index contributed by atoms with van der Waals surface area (Å²) in [6.45, 7) is 3.54. The van der Waals surface area contributed by atoms with E-state index in [0.29, 0.717) is 11.1 Å². The number of carbonyl (C=O) groups is 5. The fraction of sp³-hybridized carbons (Fsp3) is 0.450. The molecule has 2 saturated heterocycles. The highest BCUT2D eigenvalue weighted by molar-refractivity contribution is 6.23. The summed E-state index contributed by atoms with van der Waals surface area (Å²) < 4.78 is 31.7. The minimum atomic E-state index is -5.08. The van der Waals surface area contributed by atoms with Crippen LogP contribution in [0.1, 0.15) is 40.0 Å². The lowest BCUT2D eigenvalue weighted by atomic mass is 10.0. The van der Waals surface area contributed by atoms with Crippen LogP contribution in [-0.4, -0.2) is 78.0 Å². The van der Waals surface area contributed by atoms with Crippen LogP contribution < -0.4 is 15.5 Å². The Hall–Kier alpha value is -3.48. The van der Waals surface area contributed by atoms with E-state index >= 15 is 0 Å². The molecule has 1 aromatic rings. The second-order valence-corrected chi connectivity index (χ2v) is 7.57. The summed E-state index contributed by atoms with van der Waals surface area (Å²) in [5, 5.41) is 12.7. The zero-order valence-corrected chi connectivity index (χ0v) is 17.3. The van der Waals surface area contributed by atoms with Crippen molar-refractivity contribution in [2.75, 3.05) is 31.1 Å². The molecule has 10 nitrogen and oxygen atoms in total. The Labute approximate surface area is 185 Å². The van der Waals surface area contributed by atoms with Gasteiger partial charge in [-0.25, -0.2) is 4.79 Å². The van der Waals surface area contributed by atoms with Crippen LogP contribution in [0, 0.1) is 0 Å². The van der Waals surface area contributed by atoms with Crippen LogP contribution in [-0.2, 0) is 14.4 Å². The smallest absolute Gasteiger partial charge is 0.475 e. The Morgan fingerprint density at radius 1 is 1.03 bits per heavy atom. The first-order valence-electron chi connectivity index (χ1n) is 10.1. The number of amides is 4. The number of anilines is 1. The van der Waals surface area contributed by atoms with Crippen molar-refractivity contribution in [1.29, 1.82) is 0 Å². The summed E-state index contributed by atoms with van der Waals surface area (Å²) in [5.41, 5.74) is 1.55. The number of hydrogen-bond donors (Lipinski definition) is 3. The average Bonchev–Trinajstić information content (AvgIpc) is 2.93. The quantitative estimate of drug-likeness (QED) is 0.533. The fourth-order valence-electron chi connectivity index (χ4n) is 3.76. The number of carbonyl (C=O) groups excluding carboxylic acids is 4. The van der Waals surface area contributed by atoms with Crippen molar-refractivity contribution >= 4 is 35.3 Å². The number of rotatable bonds is 2. The molecule has 1 aromatic carbocycles. The third kappa shape index (κ3) is 5.30. The largest absolute Gasteiger partial charge is 0.490 e. The lowest BCUT2D eigenvalue weighted by Gasteiger charge is -2.27. The van der Waals surface area contributed by atoms with E-state index in [1.165, 1.54) is 0 Å². The van der Waals surface area contributed by atoms with E-state index in [1.807, 2.05) is 6.07 Å². The summed E-state index contributed by atoms with van der Waals surface area (Å²) in [4.78, 5) is 61.0. The first kappa shape index (κ1) is 24.2. The molecule has 0 spiro atoms. The second-order valence-electron chi connectivity index (χ2n) is 7.57. The van der Waals surface area contributed by atoms with Gasteiger partial charge in [-0.2, -0.15) is 13.2 Å². The van der Waals surface area contributed by atoms with Crippen molar-refractivity contribution < 1.29 is 42.3 Å². The molecule has 4 rings (SSSR count). The molecule has 2 fully saturated rings. The first-order chi connectivity index (χ1) is 15.5. The topological polar surface area (TPSA) is 136 Å². The van der Waals surface area contributed by atoms with Crippen molar-refractivity contribution in [2.45, 2.75) is 31.5 Å². The van der Waals surface area contributed by atoms with Gasteiger partial charge < -0.3 is 15.3 Å². The minimum Gasteiger partial charge on any atom is -0.475 e. The molecule has 178 valence electrons. The molecule has 0 radical (unpaired) electrons. The summed E-state index contributed by atoms with van der Waals surface area (Å²) in [6.07, 6.45) is -3.79. The number of alkyl halides is 3. The molecule has 3 heterocycles. The van der Waals surface area contributed by atoms with Crippen molar-refractivity contribution in [3.63, 3.8) is 0 Å². The molecular weight excluding hydrogens is 449 g/mol. The molecule has 1 atom stereocenters. The summed E-state index contributed by atoms with van der Waals surface area (Å²) in [6, 6.07) is 4.33. The van der Waals surface area contributed by atoms with Crippen molar-refractivity contribution in [2.24, 2.45) is 0 Å². The maximum atomic E-state index is 12.8. The van der Waals surface area contributed by atoms with Gasteiger partial charge in [-0.1, -0.05) is 0 Å². The van der Waals surface area contributed by atoms with Gasteiger partial charge >= 0.3 is 12.1 Å². The molecular formula is C20H21F3N4O6. The molecule has 0 aromatic heterocycles. The lowest BCUT2D eigenvalue weighted by molar-refractivity contribution is -0.192. The minimum absolute atomic E-state index is 0.121. The van der Waals surface area contributed by atoms with Crippen LogP contribution in [0.25, 0.3) is 0 Å². The number of carboxylic acid groups (broad SMARTS) is 1. The number of nitrogens with zero attached hydrogens (tertiary/aromatic N) is 2. The lowest BCUT2D eigenvalue weighted by Crippen LogP contribution is -2.54. The maximum Gasteiger partial charge on any atom is 0.490 e. The Morgan fingerprint density at radius 3 is 2.33 bits per heavy atom. The van der Waals surface area contributed by atoms with Crippen LogP contribution in [0.3, 0.4) is 0 Å². The first-order valence-corrected chi connectivity index (χ1v) is 10.1. The number of aliphatic carboxylic acids is 1. The Kier molecular flexibility index (Phi) is 7.01. The van der Waals surface area contributed by atoms with Gasteiger partial charge in [-0.3, -0.25) is 29.4 Å². The van der Waals surface area contributed by atoms with Gasteiger partial charge in [0.2, 0.25) is 11.8 Å². The molecule has 0 aliphatic carbocycles. The van der Waals surface area contributed by atoms with Gasteiger partial charge in [0.15, 0.2) is 0 Å². The van der Waals surface area contributed by atoms with Crippen LogP contribution in [0.2, 0.25) is 0 Å². The van der Waals surface area contributed by atoms with Crippen molar-refractivity contribution in [1.82, 2.24) is 15.5 Å². The predicted molar refractivity (Wildman–Crippen MR) is 107 cm³/mol. The normalized spacial score (nSPS) is 21.1. The standard InChI is InChI=1S/C18H20N4O4.C2HF3O2/c23-15-5-4-14(16(24)20-15)22-17(25)12-3-2-11(10-13(12)18(22)26)21-8-1-6-19-7-9-21;3-2(4,5)1(6)7/h2-3,10,14,19H,1,4-9H2,(H,20,23,24);(H,6,7). The molecule has 13 heteroatoms. The van der Waals surface area contributed by atoms with Gasteiger partial charge in [0.1, 0.15) is 6.04 Å².